The smallest absolute Gasteiger partial charge is 0.240 e. The van der Waals surface area contributed by atoms with E-state index in [-0.39, 0.29) is 10.8 Å². The first kappa shape index (κ1) is 17.6. The summed E-state index contributed by atoms with van der Waals surface area (Å²) < 4.78 is 27.3. The van der Waals surface area contributed by atoms with E-state index in [0.29, 0.717) is 25.9 Å². The molecular weight excluding hydrogens is 338 g/mol. The Morgan fingerprint density at radius 1 is 1.12 bits per heavy atom. The fraction of sp³-hybridized carbons (Fsp3) is 0.333. The van der Waals surface area contributed by atoms with Gasteiger partial charge in [0.1, 0.15) is 0 Å². The molecule has 0 radical (unpaired) electrons. The highest BCUT2D eigenvalue weighted by Gasteiger charge is 2.22. The number of anilines is 1. The summed E-state index contributed by atoms with van der Waals surface area (Å²) in [6, 6.07) is 12.2. The average Bonchev–Trinajstić information content (AvgIpc) is 3.06. The number of carbonyl (C=O) groups is 1. The normalized spacial score (nSPS) is 14.9. The summed E-state index contributed by atoms with van der Waals surface area (Å²) >= 11 is 0. The molecule has 1 aliphatic rings. The molecule has 1 saturated heterocycles. The summed E-state index contributed by atoms with van der Waals surface area (Å²) in [4.78, 5) is 17.9. The van der Waals surface area contributed by atoms with E-state index in [2.05, 4.69) is 9.71 Å². The van der Waals surface area contributed by atoms with E-state index in [1.54, 1.807) is 35.4 Å². The van der Waals surface area contributed by atoms with Gasteiger partial charge in [0.15, 0.2) is 0 Å². The Bertz CT molecular complexity index is 820. The zero-order valence-corrected chi connectivity index (χ0v) is 14.7. The first-order valence-electron chi connectivity index (χ1n) is 8.36. The van der Waals surface area contributed by atoms with Crippen molar-refractivity contribution in [2.45, 2.75) is 30.6 Å². The van der Waals surface area contributed by atoms with Crippen molar-refractivity contribution in [3.8, 4) is 0 Å². The number of aromatic nitrogens is 1. The van der Waals surface area contributed by atoms with Crippen LogP contribution in [0.5, 0.6) is 0 Å². The van der Waals surface area contributed by atoms with Gasteiger partial charge in [-0.25, -0.2) is 13.1 Å². The third-order valence-corrected chi connectivity index (χ3v) is 5.64. The van der Waals surface area contributed by atoms with Crippen LogP contribution in [0, 0.1) is 0 Å². The van der Waals surface area contributed by atoms with E-state index in [0.717, 1.165) is 24.2 Å². The molecule has 0 unspecified atom stereocenters. The molecule has 132 valence electrons. The van der Waals surface area contributed by atoms with Gasteiger partial charge in [-0.3, -0.25) is 9.78 Å². The van der Waals surface area contributed by atoms with Gasteiger partial charge in [0.25, 0.3) is 0 Å². The predicted molar refractivity (Wildman–Crippen MR) is 95.8 cm³/mol. The van der Waals surface area contributed by atoms with Crippen LogP contribution >= 0.6 is 0 Å². The lowest BCUT2D eigenvalue weighted by Gasteiger charge is -2.16. The van der Waals surface area contributed by atoms with Gasteiger partial charge < -0.3 is 4.90 Å². The zero-order valence-electron chi connectivity index (χ0n) is 13.9. The summed E-state index contributed by atoms with van der Waals surface area (Å²) in [5.74, 6) is 0.0863. The van der Waals surface area contributed by atoms with Gasteiger partial charge in [-0.15, -0.1) is 0 Å². The lowest BCUT2D eigenvalue weighted by atomic mass is 10.2. The Hall–Kier alpha value is -2.25. The number of rotatable bonds is 7. The summed E-state index contributed by atoms with van der Waals surface area (Å²) in [5.41, 5.74) is 1.69. The van der Waals surface area contributed by atoms with Crippen molar-refractivity contribution >= 4 is 21.6 Å². The van der Waals surface area contributed by atoms with Gasteiger partial charge in [0, 0.05) is 37.1 Å². The van der Waals surface area contributed by atoms with Crippen molar-refractivity contribution in [1.29, 1.82) is 0 Å². The van der Waals surface area contributed by atoms with Gasteiger partial charge in [0.05, 0.1) is 4.90 Å². The van der Waals surface area contributed by atoms with Crippen LogP contribution in [0.2, 0.25) is 0 Å². The highest BCUT2D eigenvalue weighted by Crippen LogP contribution is 2.22. The summed E-state index contributed by atoms with van der Waals surface area (Å²) in [7, 11) is -3.54. The second-order valence-electron chi connectivity index (χ2n) is 5.97. The lowest BCUT2D eigenvalue weighted by molar-refractivity contribution is -0.117. The standard InChI is InChI=1S/C18H21N3O3S/c22-18-7-4-14-21(18)16-8-10-17(11-9-16)25(23,24)20-13-3-6-15-5-1-2-12-19-15/h1-2,5,8-12,20H,3-4,6-7,13-14H2. The second-order valence-corrected chi connectivity index (χ2v) is 7.73. The Morgan fingerprint density at radius 2 is 1.92 bits per heavy atom. The Kier molecular flexibility index (Phi) is 5.45. The quantitative estimate of drug-likeness (QED) is 0.768. The molecule has 0 atom stereocenters. The molecule has 2 aromatic rings. The Labute approximate surface area is 147 Å². The van der Waals surface area contributed by atoms with Crippen molar-refractivity contribution < 1.29 is 13.2 Å². The topological polar surface area (TPSA) is 79.4 Å². The number of pyridine rings is 1. The maximum absolute atomic E-state index is 12.3. The molecule has 0 spiro atoms. The van der Waals surface area contributed by atoms with Gasteiger partial charge in [-0.2, -0.15) is 0 Å². The van der Waals surface area contributed by atoms with Crippen LogP contribution < -0.4 is 9.62 Å². The number of hydrogen-bond acceptors (Lipinski definition) is 4. The number of nitrogens with one attached hydrogen (secondary N) is 1. The third-order valence-electron chi connectivity index (χ3n) is 4.16. The van der Waals surface area contributed by atoms with Crippen LogP contribution in [0.4, 0.5) is 5.69 Å². The van der Waals surface area contributed by atoms with Crippen LogP contribution in [-0.2, 0) is 21.2 Å². The first-order chi connectivity index (χ1) is 12.1. The van der Waals surface area contributed by atoms with E-state index in [1.807, 2.05) is 18.2 Å². The van der Waals surface area contributed by atoms with E-state index in [9.17, 15) is 13.2 Å². The fourth-order valence-corrected chi connectivity index (χ4v) is 3.91. The Morgan fingerprint density at radius 3 is 2.56 bits per heavy atom. The van der Waals surface area contributed by atoms with Gasteiger partial charge in [-0.05, 0) is 55.7 Å². The highest BCUT2D eigenvalue weighted by atomic mass is 32.2. The van der Waals surface area contributed by atoms with Gasteiger partial charge in [-0.1, -0.05) is 6.07 Å². The second kappa shape index (κ2) is 7.76. The van der Waals surface area contributed by atoms with Crippen LogP contribution in [0.3, 0.4) is 0 Å². The number of benzene rings is 1. The predicted octanol–water partition coefficient (Wildman–Crippen LogP) is 2.12. The summed E-state index contributed by atoms with van der Waals surface area (Å²) in [6.45, 7) is 1.04. The maximum Gasteiger partial charge on any atom is 0.240 e. The highest BCUT2D eigenvalue weighted by molar-refractivity contribution is 7.89. The molecule has 3 rings (SSSR count). The molecule has 0 saturated carbocycles. The first-order valence-corrected chi connectivity index (χ1v) is 9.84. The van der Waals surface area contributed by atoms with Crippen LogP contribution in [0.25, 0.3) is 0 Å². The van der Waals surface area contributed by atoms with Crippen molar-refractivity contribution in [2.75, 3.05) is 18.0 Å². The molecular formula is C18H21N3O3S. The van der Waals surface area contributed by atoms with Crippen molar-refractivity contribution in [2.24, 2.45) is 0 Å². The minimum Gasteiger partial charge on any atom is -0.312 e. The minimum absolute atomic E-state index is 0.0863. The Balaban J connectivity index is 1.55. The molecule has 1 amide bonds. The molecule has 0 aliphatic carbocycles. The number of amides is 1. The van der Waals surface area contributed by atoms with E-state index in [4.69, 9.17) is 0 Å². The lowest BCUT2D eigenvalue weighted by Crippen LogP contribution is -2.26. The molecule has 7 heteroatoms. The fourth-order valence-electron chi connectivity index (χ4n) is 2.83. The number of nitrogens with zero attached hydrogens (tertiary/aromatic N) is 2. The maximum atomic E-state index is 12.3. The van der Waals surface area contributed by atoms with Crippen molar-refractivity contribution in [3.63, 3.8) is 0 Å². The van der Waals surface area contributed by atoms with E-state index >= 15 is 0 Å². The largest absolute Gasteiger partial charge is 0.312 e. The van der Waals surface area contributed by atoms with Crippen LogP contribution in [-0.4, -0.2) is 32.4 Å². The minimum atomic E-state index is -3.54. The summed E-state index contributed by atoms with van der Waals surface area (Å²) in [6.07, 6.45) is 4.52. The molecule has 6 nitrogen and oxygen atoms in total. The average molecular weight is 359 g/mol. The number of sulfonamides is 1. The van der Waals surface area contributed by atoms with Crippen molar-refractivity contribution in [3.05, 3.63) is 54.4 Å². The number of hydrogen-bond donors (Lipinski definition) is 1. The molecule has 25 heavy (non-hydrogen) atoms. The molecule has 1 aliphatic heterocycles. The van der Waals surface area contributed by atoms with E-state index in [1.165, 1.54) is 0 Å². The zero-order chi connectivity index (χ0) is 17.7. The SMILES string of the molecule is O=C1CCCN1c1ccc(S(=O)(=O)NCCCc2ccccn2)cc1. The molecule has 1 aromatic heterocycles. The molecule has 2 heterocycles. The number of aryl methyl sites for hydroxylation is 1. The summed E-state index contributed by atoms with van der Waals surface area (Å²) in [5, 5.41) is 0. The van der Waals surface area contributed by atoms with E-state index < -0.39 is 10.0 Å². The molecule has 0 bridgehead atoms. The number of carbonyl (C=O) groups excluding carboxylic acids is 1. The van der Waals surface area contributed by atoms with Crippen LogP contribution in [0.15, 0.2) is 53.6 Å². The van der Waals surface area contributed by atoms with Crippen molar-refractivity contribution in [1.82, 2.24) is 9.71 Å². The van der Waals surface area contributed by atoms with Gasteiger partial charge >= 0.3 is 0 Å². The monoisotopic (exact) mass is 359 g/mol. The van der Waals surface area contributed by atoms with Gasteiger partial charge in [0.2, 0.25) is 15.9 Å². The molecule has 1 fully saturated rings. The van der Waals surface area contributed by atoms with Crippen LogP contribution in [0.1, 0.15) is 25.0 Å². The molecule has 1 N–H and O–H groups in total. The third kappa shape index (κ3) is 4.43. The molecule has 1 aromatic carbocycles.